The minimum absolute atomic E-state index is 0.0124. The number of piperazine rings is 1. The third-order valence-corrected chi connectivity index (χ3v) is 5.18. The van der Waals surface area contributed by atoms with Crippen LogP contribution in [0, 0.1) is 6.92 Å². The normalized spacial score (nSPS) is 15.1. The second kappa shape index (κ2) is 7.80. The molecule has 0 unspecified atom stereocenters. The summed E-state index contributed by atoms with van der Waals surface area (Å²) in [7, 11) is 0. The van der Waals surface area contributed by atoms with E-state index in [0.717, 1.165) is 49.2 Å². The highest BCUT2D eigenvalue weighted by atomic mass is 16.2. The SMILES string of the molecule is Cc1cccc(CN2CCN(C(=O)Nc3cccc4ccccc34)CC2)c1. The molecular formula is C23H25N3O. The number of urea groups is 1. The van der Waals surface area contributed by atoms with Gasteiger partial charge < -0.3 is 10.2 Å². The minimum atomic E-state index is -0.0124. The summed E-state index contributed by atoms with van der Waals surface area (Å²) in [6.07, 6.45) is 0. The van der Waals surface area contributed by atoms with Crippen molar-refractivity contribution in [2.75, 3.05) is 31.5 Å². The lowest BCUT2D eigenvalue weighted by molar-refractivity contribution is 0.143. The van der Waals surface area contributed by atoms with Crippen LogP contribution in [0.2, 0.25) is 0 Å². The summed E-state index contributed by atoms with van der Waals surface area (Å²) in [6.45, 7) is 6.37. The van der Waals surface area contributed by atoms with Crippen molar-refractivity contribution < 1.29 is 4.79 Å². The Bertz CT molecular complexity index is 940. The van der Waals surface area contributed by atoms with Crippen molar-refractivity contribution in [2.24, 2.45) is 0 Å². The third-order valence-electron chi connectivity index (χ3n) is 5.18. The van der Waals surface area contributed by atoms with Crippen molar-refractivity contribution in [2.45, 2.75) is 13.5 Å². The minimum Gasteiger partial charge on any atom is -0.322 e. The van der Waals surface area contributed by atoms with Gasteiger partial charge in [-0.2, -0.15) is 0 Å². The van der Waals surface area contributed by atoms with E-state index in [9.17, 15) is 4.79 Å². The van der Waals surface area contributed by atoms with E-state index in [2.05, 4.69) is 53.5 Å². The summed E-state index contributed by atoms with van der Waals surface area (Å²) >= 11 is 0. The van der Waals surface area contributed by atoms with Gasteiger partial charge in [0.1, 0.15) is 0 Å². The number of hydrogen-bond acceptors (Lipinski definition) is 2. The van der Waals surface area contributed by atoms with Crippen LogP contribution >= 0.6 is 0 Å². The standard InChI is InChI=1S/C23H25N3O/c1-18-6-4-7-19(16-18)17-25-12-14-26(15-13-25)23(27)24-22-11-5-9-20-8-2-3-10-21(20)22/h2-11,16H,12-15,17H2,1H3,(H,24,27). The predicted molar refractivity (Wildman–Crippen MR) is 111 cm³/mol. The third kappa shape index (κ3) is 4.12. The number of anilines is 1. The highest BCUT2D eigenvalue weighted by Crippen LogP contribution is 2.23. The van der Waals surface area contributed by atoms with Gasteiger partial charge in [-0.05, 0) is 23.9 Å². The number of amides is 2. The van der Waals surface area contributed by atoms with Crippen molar-refractivity contribution in [1.29, 1.82) is 0 Å². The smallest absolute Gasteiger partial charge is 0.321 e. The lowest BCUT2D eigenvalue weighted by Gasteiger charge is -2.34. The molecular weight excluding hydrogens is 334 g/mol. The van der Waals surface area contributed by atoms with Crippen LogP contribution in [0.15, 0.2) is 66.7 Å². The number of aryl methyl sites for hydroxylation is 1. The highest BCUT2D eigenvalue weighted by Gasteiger charge is 2.21. The topological polar surface area (TPSA) is 35.6 Å². The Hall–Kier alpha value is -2.85. The first kappa shape index (κ1) is 17.6. The maximum absolute atomic E-state index is 12.7. The van der Waals surface area contributed by atoms with E-state index in [0.29, 0.717) is 0 Å². The maximum atomic E-state index is 12.7. The maximum Gasteiger partial charge on any atom is 0.321 e. The van der Waals surface area contributed by atoms with E-state index in [1.807, 2.05) is 35.2 Å². The van der Waals surface area contributed by atoms with Gasteiger partial charge in [-0.25, -0.2) is 4.79 Å². The van der Waals surface area contributed by atoms with Gasteiger partial charge in [0.25, 0.3) is 0 Å². The molecule has 1 aliphatic rings. The fourth-order valence-corrected chi connectivity index (χ4v) is 3.71. The fraction of sp³-hybridized carbons (Fsp3) is 0.261. The Morgan fingerprint density at radius 3 is 2.48 bits per heavy atom. The van der Waals surface area contributed by atoms with Crippen molar-refractivity contribution in [3.05, 3.63) is 77.9 Å². The average molecular weight is 359 g/mol. The molecule has 0 aliphatic carbocycles. The van der Waals surface area contributed by atoms with Gasteiger partial charge in [0, 0.05) is 38.1 Å². The zero-order valence-electron chi connectivity index (χ0n) is 15.7. The molecule has 2 amide bonds. The Labute approximate surface area is 160 Å². The molecule has 0 saturated carbocycles. The molecule has 138 valence electrons. The second-order valence-corrected chi connectivity index (χ2v) is 7.21. The number of fused-ring (bicyclic) bond motifs is 1. The summed E-state index contributed by atoms with van der Waals surface area (Å²) in [4.78, 5) is 17.0. The quantitative estimate of drug-likeness (QED) is 0.747. The number of nitrogens with zero attached hydrogens (tertiary/aromatic N) is 2. The molecule has 0 bridgehead atoms. The summed E-state index contributed by atoms with van der Waals surface area (Å²) < 4.78 is 0. The monoisotopic (exact) mass is 359 g/mol. The van der Waals surface area contributed by atoms with Crippen LogP contribution in [-0.2, 0) is 6.54 Å². The van der Waals surface area contributed by atoms with Crippen LogP contribution in [0.3, 0.4) is 0 Å². The average Bonchev–Trinajstić information content (AvgIpc) is 2.69. The van der Waals surface area contributed by atoms with E-state index < -0.39 is 0 Å². The number of carbonyl (C=O) groups is 1. The van der Waals surface area contributed by atoms with Crippen LogP contribution in [0.4, 0.5) is 10.5 Å². The van der Waals surface area contributed by atoms with Crippen molar-refractivity contribution in [1.82, 2.24) is 9.80 Å². The number of nitrogens with one attached hydrogen (secondary N) is 1. The highest BCUT2D eigenvalue weighted by molar-refractivity contribution is 6.01. The van der Waals surface area contributed by atoms with Gasteiger partial charge in [0.15, 0.2) is 0 Å². The van der Waals surface area contributed by atoms with Crippen LogP contribution in [0.25, 0.3) is 10.8 Å². The molecule has 4 heteroatoms. The van der Waals surface area contributed by atoms with Gasteiger partial charge >= 0.3 is 6.03 Å². The van der Waals surface area contributed by atoms with Crippen molar-refractivity contribution in [3.8, 4) is 0 Å². The van der Waals surface area contributed by atoms with Gasteiger partial charge in [-0.15, -0.1) is 0 Å². The first-order valence-corrected chi connectivity index (χ1v) is 9.51. The van der Waals surface area contributed by atoms with Crippen LogP contribution in [0.5, 0.6) is 0 Å². The Morgan fingerprint density at radius 2 is 1.67 bits per heavy atom. The summed E-state index contributed by atoms with van der Waals surface area (Å²) in [6, 6.07) is 22.8. The molecule has 0 spiro atoms. The lowest BCUT2D eigenvalue weighted by Crippen LogP contribution is -2.49. The number of hydrogen-bond donors (Lipinski definition) is 1. The van der Waals surface area contributed by atoms with Gasteiger partial charge in [-0.1, -0.05) is 66.2 Å². The largest absolute Gasteiger partial charge is 0.322 e. The summed E-state index contributed by atoms with van der Waals surface area (Å²) in [5, 5.41) is 5.31. The molecule has 1 saturated heterocycles. The molecule has 1 aliphatic heterocycles. The molecule has 1 fully saturated rings. The number of rotatable bonds is 3. The molecule has 3 aromatic rings. The molecule has 27 heavy (non-hydrogen) atoms. The number of carbonyl (C=O) groups excluding carboxylic acids is 1. The van der Waals surface area contributed by atoms with E-state index in [1.165, 1.54) is 11.1 Å². The first-order chi connectivity index (χ1) is 13.2. The fourth-order valence-electron chi connectivity index (χ4n) is 3.71. The summed E-state index contributed by atoms with van der Waals surface area (Å²) in [5.74, 6) is 0. The van der Waals surface area contributed by atoms with Gasteiger partial charge in [0.05, 0.1) is 5.69 Å². The molecule has 0 atom stereocenters. The van der Waals surface area contributed by atoms with Crippen LogP contribution in [0.1, 0.15) is 11.1 Å². The van der Waals surface area contributed by atoms with Gasteiger partial charge in [-0.3, -0.25) is 4.90 Å². The second-order valence-electron chi connectivity index (χ2n) is 7.21. The Balaban J connectivity index is 1.36. The van der Waals surface area contributed by atoms with Gasteiger partial charge in [0.2, 0.25) is 0 Å². The molecule has 3 aromatic carbocycles. The van der Waals surface area contributed by atoms with Crippen LogP contribution in [-0.4, -0.2) is 42.0 Å². The molecule has 1 heterocycles. The zero-order chi connectivity index (χ0) is 18.6. The molecule has 4 nitrogen and oxygen atoms in total. The van der Waals surface area contributed by atoms with E-state index >= 15 is 0 Å². The predicted octanol–water partition coefficient (Wildman–Crippen LogP) is 4.50. The molecule has 1 N–H and O–H groups in total. The Morgan fingerprint density at radius 1 is 0.926 bits per heavy atom. The molecule has 0 aromatic heterocycles. The van der Waals surface area contributed by atoms with Crippen molar-refractivity contribution >= 4 is 22.5 Å². The number of benzene rings is 3. The van der Waals surface area contributed by atoms with Crippen LogP contribution < -0.4 is 5.32 Å². The van der Waals surface area contributed by atoms with E-state index in [-0.39, 0.29) is 6.03 Å². The zero-order valence-corrected chi connectivity index (χ0v) is 15.7. The molecule has 4 rings (SSSR count). The van der Waals surface area contributed by atoms with Crippen molar-refractivity contribution in [3.63, 3.8) is 0 Å². The molecule has 0 radical (unpaired) electrons. The lowest BCUT2D eigenvalue weighted by atomic mass is 10.1. The van der Waals surface area contributed by atoms with E-state index in [4.69, 9.17) is 0 Å². The van der Waals surface area contributed by atoms with E-state index in [1.54, 1.807) is 0 Å². The first-order valence-electron chi connectivity index (χ1n) is 9.51. The summed E-state index contributed by atoms with van der Waals surface area (Å²) in [5.41, 5.74) is 3.50. The Kier molecular flexibility index (Phi) is 5.07.